The van der Waals surface area contributed by atoms with Gasteiger partial charge in [-0.15, -0.1) is 0 Å². The zero-order valence-corrected chi connectivity index (χ0v) is 10.9. The van der Waals surface area contributed by atoms with Gasteiger partial charge in [0, 0.05) is 24.5 Å². The van der Waals surface area contributed by atoms with Crippen molar-refractivity contribution in [3.8, 4) is 0 Å². The highest BCUT2D eigenvalue weighted by Gasteiger charge is 2.34. The average molecular weight is 248 g/mol. The van der Waals surface area contributed by atoms with Gasteiger partial charge in [0.25, 0.3) is 5.91 Å². The molecule has 0 bridgehead atoms. The Balaban J connectivity index is 2.30. The topological polar surface area (TPSA) is 71.2 Å². The van der Waals surface area contributed by atoms with E-state index < -0.39 is 0 Å². The molecule has 0 aromatic carbocycles. The fraction of sp³-hybridized carbons (Fsp3) is 0.538. The van der Waals surface area contributed by atoms with Gasteiger partial charge >= 0.3 is 0 Å². The summed E-state index contributed by atoms with van der Waals surface area (Å²) in [7, 11) is 0. The van der Waals surface area contributed by atoms with E-state index in [0.717, 1.165) is 19.3 Å². The zero-order valence-electron chi connectivity index (χ0n) is 10.9. The van der Waals surface area contributed by atoms with E-state index in [4.69, 9.17) is 5.84 Å². The molecule has 1 aromatic heterocycles. The lowest BCUT2D eigenvalue weighted by Crippen LogP contribution is -2.40. The SMILES string of the molecule is CCC1CCC(C)N1C(=O)c1cnccc1NN. The summed E-state index contributed by atoms with van der Waals surface area (Å²) >= 11 is 0. The van der Waals surface area contributed by atoms with E-state index in [1.807, 2.05) is 4.90 Å². The lowest BCUT2D eigenvalue weighted by Gasteiger charge is -2.28. The Morgan fingerprint density at radius 2 is 2.39 bits per heavy atom. The fourth-order valence-electron chi connectivity index (χ4n) is 2.67. The number of likely N-dealkylation sites (tertiary alicyclic amines) is 1. The minimum absolute atomic E-state index is 0.0212. The third kappa shape index (κ3) is 2.18. The molecular formula is C13H20N4O. The third-order valence-corrected chi connectivity index (χ3v) is 3.70. The summed E-state index contributed by atoms with van der Waals surface area (Å²) in [6, 6.07) is 2.33. The summed E-state index contributed by atoms with van der Waals surface area (Å²) in [6.45, 7) is 4.22. The van der Waals surface area contributed by atoms with Crippen LogP contribution in [0.1, 0.15) is 43.5 Å². The Labute approximate surface area is 107 Å². The molecule has 0 saturated carbocycles. The number of amides is 1. The van der Waals surface area contributed by atoms with Gasteiger partial charge in [-0.3, -0.25) is 15.6 Å². The number of rotatable bonds is 3. The maximum atomic E-state index is 12.6. The Bertz CT molecular complexity index is 435. The number of nitrogen functional groups attached to an aromatic ring is 1. The summed E-state index contributed by atoms with van der Waals surface area (Å²) in [5, 5.41) is 0. The molecular weight excluding hydrogens is 228 g/mol. The van der Waals surface area contributed by atoms with Crippen molar-refractivity contribution >= 4 is 11.6 Å². The number of pyridine rings is 1. The van der Waals surface area contributed by atoms with Crippen molar-refractivity contribution in [3.05, 3.63) is 24.0 Å². The summed E-state index contributed by atoms with van der Waals surface area (Å²) in [5.74, 6) is 5.46. The van der Waals surface area contributed by atoms with Gasteiger partial charge in [0.15, 0.2) is 0 Å². The van der Waals surface area contributed by atoms with Crippen molar-refractivity contribution in [3.63, 3.8) is 0 Å². The number of nitrogens with one attached hydrogen (secondary N) is 1. The predicted molar refractivity (Wildman–Crippen MR) is 71.0 cm³/mol. The highest BCUT2D eigenvalue weighted by molar-refractivity contribution is 5.99. The Morgan fingerprint density at radius 1 is 1.61 bits per heavy atom. The number of hydrogen-bond acceptors (Lipinski definition) is 4. The molecule has 1 fully saturated rings. The normalized spacial score (nSPS) is 23.2. The molecule has 2 heterocycles. The second kappa shape index (κ2) is 5.35. The predicted octanol–water partition coefficient (Wildman–Crippen LogP) is 1.77. The van der Waals surface area contributed by atoms with Crippen molar-refractivity contribution in [2.45, 2.75) is 45.2 Å². The van der Waals surface area contributed by atoms with Gasteiger partial charge in [-0.25, -0.2) is 0 Å². The van der Waals surface area contributed by atoms with Crippen LogP contribution in [0.2, 0.25) is 0 Å². The first-order valence-corrected chi connectivity index (χ1v) is 6.42. The van der Waals surface area contributed by atoms with Crippen LogP contribution >= 0.6 is 0 Å². The molecule has 98 valence electrons. The number of carbonyl (C=O) groups is 1. The number of aromatic nitrogens is 1. The first kappa shape index (κ1) is 12.8. The van der Waals surface area contributed by atoms with Gasteiger partial charge in [-0.05, 0) is 32.3 Å². The second-order valence-corrected chi connectivity index (χ2v) is 4.77. The standard InChI is InChI=1S/C13H20N4O/c1-3-10-5-4-9(2)17(10)13(18)11-8-15-7-6-12(11)16-14/h6-10H,3-5,14H2,1-2H3,(H,15,16). The summed E-state index contributed by atoms with van der Waals surface area (Å²) in [5.41, 5.74) is 3.74. The van der Waals surface area contributed by atoms with E-state index in [1.54, 1.807) is 18.5 Å². The minimum atomic E-state index is 0.0212. The van der Waals surface area contributed by atoms with E-state index in [-0.39, 0.29) is 11.9 Å². The van der Waals surface area contributed by atoms with Crippen LogP contribution in [0.25, 0.3) is 0 Å². The van der Waals surface area contributed by atoms with Crippen molar-refractivity contribution < 1.29 is 4.79 Å². The monoisotopic (exact) mass is 248 g/mol. The molecule has 2 rings (SSSR count). The first-order valence-electron chi connectivity index (χ1n) is 6.42. The molecule has 0 radical (unpaired) electrons. The van der Waals surface area contributed by atoms with Crippen LogP contribution in [0, 0.1) is 0 Å². The molecule has 2 unspecified atom stereocenters. The summed E-state index contributed by atoms with van der Waals surface area (Å²) in [4.78, 5) is 18.6. The lowest BCUT2D eigenvalue weighted by molar-refractivity contribution is 0.0677. The molecule has 1 aromatic rings. The third-order valence-electron chi connectivity index (χ3n) is 3.70. The maximum Gasteiger partial charge on any atom is 0.258 e. The molecule has 5 heteroatoms. The van der Waals surface area contributed by atoms with Crippen molar-refractivity contribution in [1.29, 1.82) is 0 Å². The molecule has 1 amide bonds. The minimum Gasteiger partial charge on any atom is -0.333 e. The second-order valence-electron chi connectivity index (χ2n) is 4.77. The van der Waals surface area contributed by atoms with E-state index in [0.29, 0.717) is 17.3 Å². The summed E-state index contributed by atoms with van der Waals surface area (Å²) < 4.78 is 0. The zero-order chi connectivity index (χ0) is 13.1. The highest BCUT2D eigenvalue weighted by atomic mass is 16.2. The lowest BCUT2D eigenvalue weighted by atomic mass is 10.1. The number of hydrazine groups is 1. The smallest absolute Gasteiger partial charge is 0.258 e. The molecule has 1 aliphatic heterocycles. The summed E-state index contributed by atoms with van der Waals surface area (Å²) in [6.07, 6.45) is 6.33. The molecule has 1 aliphatic rings. The van der Waals surface area contributed by atoms with Crippen LogP contribution in [0.5, 0.6) is 0 Å². The van der Waals surface area contributed by atoms with E-state index in [2.05, 4.69) is 24.3 Å². The molecule has 0 spiro atoms. The number of nitrogens with two attached hydrogens (primary N) is 1. The van der Waals surface area contributed by atoms with Gasteiger partial charge in [0.05, 0.1) is 11.3 Å². The van der Waals surface area contributed by atoms with E-state index in [9.17, 15) is 4.79 Å². The Hall–Kier alpha value is -1.62. The van der Waals surface area contributed by atoms with Crippen molar-refractivity contribution in [1.82, 2.24) is 9.88 Å². The van der Waals surface area contributed by atoms with Crippen LogP contribution < -0.4 is 11.3 Å². The van der Waals surface area contributed by atoms with Crippen LogP contribution in [0.4, 0.5) is 5.69 Å². The number of anilines is 1. The quantitative estimate of drug-likeness (QED) is 0.631. The van der Waals surface area contributed by atoms with Gasteiger partial charge in [-0.2, -0.15) is 0 Å². The van der Waals surface area contributed by atoms with Crippen LogP contribution in [0.15, 0.2) is 18.5 Å². The van der Waals surface area contributed by atoms with Crippen LogP contribution in [-0.4, -0.2) is 27.9 Å². The molecule has 3 N–H and O–H groups in total. The molecule has 1 saturated heterocycles. The van der Waals surface area contributed by atoms with Gasteiger partial charge in [0.1, 0.15) is 0 Å². The van der Waals surface area contributed by atoms with E-state index >= 15 is 0 Å². The maximum absolute atomic E-state index is 12.6. The highest BCUT2D eigenvalue weighted by Crippen LogP contribution is 2.29. The van der Waals surface area contributed by atoms with Crippen LogP contribution in [0.3, 0.4) is 0 Å². The van der Waals surface area contributed by atoms with Crippen LogP contribution in [-0.2, 0) is 0 Å². The molecule has 2 atom stereocenters. The van der Waals surface area contributed by atoms with Gasteiger partial charge in [-0.1, -0.05) is 6.92 Å². The first-order chi connectivity index (χ1) is 8.69. The molecule has 5 nitrogen and oxygen atoms in total. The average Bonchev–Trinajstić information content (AvgIpc) is 2.79. The van der Waals surface area contributed by atoms with Crippen molar-refractivity contribution in [2.24, 2.45) is 5.84 Å². The number of carbonyl (C=O) groups excluding carboxylic acids is 1. The van der Waals surface area contributed by atoms with Gasteiger partial charge < -0.3 is 10.3 Å². The van der Waals surface area contributed by atoms with E-state index in [1.165, 1.54) is 0 Å². The van der Waals surface area contributed by atoms with Crippen molar-refractivity contribution in [2.75, 3.05) is 5.43 Å². The number of nitrogens with zero attached hydrogens (tertiary/aromatic N) is 2. The van der Waals surface area contributed by atoms with Gasteiger partial charge in [0.2, 0.25) is 0 Å². The molecule has 18 heavy (non-hydrogen) atoms. The Morgan fingerprint density at radius 3 is 3.06 bits per heavy atom. The fourth-order valence-corrected chi connectivity index (χ4v) is 2.67. The number of hydrogen-bond donors (Lipinski definition) is 2. The largest absolute Gasteiger partial charge is 0.333 e. The molecule has 0 aliphatic carbocycles. The Kier molecular flexibility index (Phi) is 3.81.